The Morgan fingerprint density at radius 1 is 1.00 bits per heavy atom. The molecule has 3 N–H and O–H groups in total. The minimum absolute atomic E-state index is 0.0319. The van der Waals surface area contributed by atoms with Gasteiger partial charge in [-0.15, -0.1) is 0 Å². The van der Waals surface area contributed by atoms with Gasteiger partial charge in [0.1, 0.15) is 11.9 Å². The molecule has 0 spiro atoms. The number of aliphatic hydroxyl groups is 1. The molecule has 0 saturated carbocycles. The second kappa shape index (κ2) is 10.6. The molecule has 0 fully saturated rings. The van der Waals surface area contributed by atoms with Crippen molar-refractivity contribution >= 4 is 15.7 Å². The number of hydrogen-bond acceptors (Lipinski definition) is 5. The lowest BCUT2D eigenvalue weighted by Crippen LogP contribution is -2.36. The highest BCUT2D eigenvalue weighted by Gasteiger charge is 2.23. The molecule has 7 heteroatoms. The van der Waals surface area contributed by atoms with Crippen molar-refractivity contribution in [3.05, 3.63) is 89.5 Å². The lowest BCUT2D eigenvalue weighted by molar-refractivity contribution is 0.146. The Morgan fingerprint density at radius 3 is 2.44 bits per heavy atom. The van der Waals surface area contributed by atoms with E-state index in [-0.39, 0.29) is 11.0 Å². The third-order valence-corrected chi connectivity index (χ3v) is 7.47. The van der Waals surface area contributed by atoms with Crippen LogP contribution in [0.25, 0.3) is 0 Å². The van der Waals surface area contributed by atoms with Crippen LogP contribution in [0.5, 0.6) is 5.75 Å². The molecule has 0 aromatic heterocycles. The number of rotatable bonds is 9. The first kappa shape index (κ1) is 24.3. The fraction of sp³-hybridized carbons (Fsp3) is 0.333. The topological polar surface area (TPSA) is 87.7 Å². The van der Waals surface area contributed by atoms with Crippen LogP contribution in [0, 0.1) is 0 Å². The van der Waals surface area contributed by atoms with Crippen LogP contribution in [0.2, 0.25) is 0 Å². The first-order valence-corrected chi connectivity index (χ1v) is 13.2. The van der Waals surface area contributed by atoms with Crippen molar-refractivity contribution in [2.24, 2.45) is 0 Å². The fourth-order valence-electron chi connectivity index (χ4n) is 4.06. The van der Waals surface area contributed by atoms with Crippen molar-refractivity contribution < 1.29 is 18.3 Å². The van der Waals surface area contributed by atoms with Gasteiger partial charge in [0.2, 0.25) is 0 Å². The summed E-state index contributed by atoms with van der Waals surface area (Å²) < 4.78 is 34.6. The average molecular weight is 481 g/mol. The highest BCUT2D eigenvalue weighted by molar-refractivity contribution is 7.92. The molecule has 6 nitrogen and oxygen atoms in total. The van der Waals surface area contributed by atoms with Gasteiger partial charge in [0.05, 0.1) is 11.0 Å². The van der Waals surface area contributed by atoms with Gasteiger partial charge in [-0.05, 0) is 65.8 Å². The number of sulfonamides is 1. The molecule has 0 saturated heterocycles. The summed E-state index contributed by atoms with van der Waals surface area (Å²) >= 11 is 0. The third kappa shape index (κ3) is 5.97. The van der Waals surface area contributed by atoms with E-state index in [4.69, 9.17) is 4.74 Å². The van der Waals surface area contributed by atoms with Gasteiger partial charge >= 0.3 is 0 Å². The predicted octanol–water partition coefficient (Wildman–Crippen LogP) is 4.63. The summed E-state index contributed by atoms with van der Waals surface area (Å²) in [5.41, 5.74) is 3.47. The number of benzene rings is 3. The zero-order valence-corrected chi connectivity index (χ0v) is 20.4. The number of aliphatic hydroxyl groups excluding tert-OH is 1. The van der Waals surface area contributed by atoms with Gasteiger partial charge in [0, 0.05) is 18.8 Å². The summed E-state index contributed by atoms with van der Waals surface area (Å²) in [5, 5.41) is 13.6. The number of hydrogen-bond donors (Lipinski definition) is 3. The molecule has 180 valence electrons. The van der Waals surface area contributed by atoms with Crippen LogP contribution in [0.15, 0.2) is 77.7 Å². The van der Waals surface area contributed by atoms with Crippen molar-refractivity contribution in [3.8, 4) is 5.75 Å². The highest BCUT2D eigenvalue weighted by Crippen LogP contribution is 2.30. The van der Waals surface area contributed by atoms with Crippen LogP contribution in [-0.2, 0) is 16.4 Å². The van der Waals surface area contributed by atoms with Crippen LogP contribution in [0.4, 0.5) is 5.69 Å². The molecule has 3 aromatic rings. The molecule has 4 rings (SSSR count). The number of anilines is 1. The maximum absolute atomic E-state index is 12.9. The van der Waals surface area contributed by atoms with Crippen molar-refractivity contribution in [1.29, 1.82) is 0 Å². The Labute approximate surface area is 202 Å². The van der Waals surface area contributed by atoms with Gasteiger partial charge in [0.25, 0.3) is 10.0 Å². The molecular weight excluding hydrogens is 448 g/mol. The van der Waals surface area contributed by atoms with E-state index in [1.807, 2.05) is 42.5 Å². The van der Waals surface area contributed by atoms with Crippen LogP contribution < -0.4 is 14.8 Å². The van der Waals surface area contributed by atoms with E-state index in [1.54, 1.807) is 30.3 Å². The molecule has 0 bridgehead atoms. The standard InChI is InChI=1S/C27H32N2O4S/c1-19(2)20-8-11-23(12-9-20)29-34(31,32)25-14-15-27-22(16-25)10-13-24(33-27)17-28-18-26(30)21-6-4-3-5-7-21/h3-9,11-12,14-16,19,24,26,28-30H,10,13,17-18H2,1-2H3/t24?,26-/m0/s1. The second-order valence-electron chi connectivity index (χ2n) is 9.02. The lowest BCUT2D eigenvalue weighted by Gasteiger charge is -2.27. The number of ether oxygens (including phenoxy) is 1. The van der Waals surface area contributed by atoms with Gasteiger partial charge < -0.3 is 15.2 Å². The van der Waals surface area contributed by atoms with E-state index in [0.29, 0.717) is 30.4 Å². The Kier molecular flexibility index (Phi) is 7.56. The molecule has 3 aromatic carbocycles. The minimum Gasteiger partial charge on any atom is -0.489 e. The van der Waals surface area contributed by atoms with Crippen LogP contribution >= 0.6 is 0 Å². The van der Waals surface area contributed by atoms with Gasteiger partial charge in [-0.2, -0.15) is 0 Å². The molecule has 34 heavy (non-hydrogen) atoms. The molecule has 0 aliphatic carbocycles. The normalized spacial score (nSPS) is 16.5. The summed E-state index contributed by atoms with van der Waals surface area (Å²) in [4.78, 5) is 0.227. The lowest BCUT2D eigenvalue weighted by atomic mass is 10.0. The molecule has 1 aliphatic rings. The summed E-state index contributed by atoms with van der Waals surface area (Å²) in [6.07, 6.45) is 0.902. The summed E-state index contributed by atoms with van der Waals surface area (Å²) in [5.74, 6) is 1.10. The van der Waals surface area contributed by atoms with E-state index >= 15 is 0 Å². The van der Waals surface area contributed by atoms with E-state index < -0.39 is 16.1 Å². The highest BCUT2D eigenvalue weighted by atomic mass is 32.2. The van der Waals surface area contributed by atoms with Gasteiger partial charge in [0.15, 0.2) is 0 Å². The average Bonchev–Trinajstić information content (AvgIpc) is 2.84. The van der Waals surface area contributed by atoms with Gasteiger partial charge in [-0.3, -0.25) is 4.72 Å². The van der Waals surface area contributed by atoms with Crippen LogP contribution in [-0.4, -0.2) is 32.7 Å². The summed E-state index contributed by atoms with van der Waals surface area (Å²) in [7, 11) is -3.69. The quantitative estimate of drug-likeness (QED) is 0.416. The number of aryl methyl sites for hydroxylation is 1. The molecule has 0 radical (unpaired) electrons. The molecule has 1 unspecified atom stereocenters. The minimum atomic E-state index is -3.69. The maximum atomic E-state index is 12.9. The van der Waals surface area contributed by atoms with Gasteiger partial charge in [-0.25, -0.2) is 8.42 Å². The first-order valence-electron chi connectivity index (χ1n) is 11.7. The fourth-order valence-corrected chi connectivity index (χ4v) is 5.17. The molecule has 2 atom stereocenters. The van der Waals surface area contributed by atoms with E-state index in [1.165, 1.54) is 0 Å². The second-order valence-corrected chi connectivity index (χ2v) is 10.7. The SMILES string of the molecule is CC(C)c1ccc(NS(=O)(=O)c2ccc3c(c2)CCC(CNC[C@H](O)c2ccccc2)O3)cc1. The summed E-state index contributed by atoms with van der Waals surface area (Å²) in [6, 6.07) is 22.0. The Balaban J connectivity index is 1.34. The zero-order valence-electron chi connectivity index (χ0n) is 19.6. The Bertz CT molecular complexity index is 1200. The Morgan fingerprint density at radius 2 is 1.74 bits per heavy atom. The predicted molar refractivity (Wildman–Crippen MR) is 135 cm³/mol. The molecule has 1 aliphatic heterocycles. The monoisotopic (exact) mass is 480 g/mol. The number of nitrogens with one attached hydrogen (secondary N) is 2. The first-order chi connectivity index (χ1) is 16.3. The molecule has 0 amide bonds. The third-order valence-electron chi connectivity index (χ3n) is 6.10. The van der Waals surface area contributed by atoms with Crippen molar-refractivity contribution in [2.75, 3.05) is 17.8 Å². The van der Waals surface area contributed by atoms with E-state index in [0.717, 1.165) is 29.5 Å². The number of fused-ring (bicyclic) bond motifs is 1. The smallest absolute Gasteiger partial charge is 0.261 e. The van der Waals surface area contributed by atoms with Crippen molar-refractivity contribution in [1.82, 2.24) is 5.32 Å². The van der Waals surface area contributed by atoms with Crippen molar-refractivity contribution in [2.45, 2.75) is 49.7 Å². The maximum Gasteiger partial charge on any atom is 0.261 e. The van der Waals surface area contributed by atoms with Crippen molar-refractivity contribution in [3.63, 3.8) is 0 Å². The van der Waals surface area contributed by atoms with E-state index in [9.17, 15) is 13.5 Å². The van der Waals surface area contributed by atoms with Crippen LogP contribution in [0.3, 0.4) is 0 Å². The van der Waals surface area contributed by atoms with E-state index in [2.05, 4.69) is 23.9 Å². The summed E-state index contributed by atoms with van der Waals surface area (Å²) in [6.45, 7) is 5.25. The Hall–Kier alpha value is -2.87. The molecular formula is C27H32N2O4S. The molecule has 1 heterocycles. The zero-order chi connectivity index (χ0) is 24.1. The van der Waals surface area contributed by atoms with Gasteiger partial charge in [-0.1, -0.05) is 56.3 Å². The van der Waals surface area contributed by atoms with Crippen LogP contribution in [0.1, 0.15) is 49.0 Å². The largest absolute Gasteiger partial charge is 0.489 e.